The number of carbonyl (C=O) groups is 3. The quantitative estimate of drug-likeness (QED) is 0.395. The van der Waals surface area contributed by atoms with E-state index in [4.69, 9.17) is 4.74 Å². The maximum Gasteiger partial charge on any atom is 0.306 e. The van der Waals surface area contributed by atoms with Gasteiger partial charge in [0.1, 0.15) is 0 Å². The van der Waals surface area contributed by atoms with E-state index in [-0.39, 0.29) is 43.7 Å². The van der Waals surface area contributed by atoms with Gasteiger partial charge in [-0.1, -0.05) is 43.7 Å². The minimum Gasteiger partial charge on any atom is -0.466 e. The van der Waals surface area contributed by atoms with Crippen LogP contribution in [-0.4, -0.2) is 57.4 Å². The number of benzene rings is 1. The zero-order chi connectivity index (χ0) is 26.9. The van der Waals surface area contributed by atoms with Crippen LogP contribution in [0, 0.1) is 12.8 Å². The lowest BCUT2D eigenvalue weighted by Crippen LogP contribution is -2.50. The van der Waals surface area contributed by atoms with Crippen molar-refractivity contribution in [2.45, 2.75) is 79.9 Å². The number of carbonyl (C=O) groups excluding carboxylic acids is 3. The molecule has 0 unspecified atom stereocenters. The lowest BCUT2D eigenvalue weighted by atomic mass is 10.0. The Kier molecular flexibility index (Phi) is 10.8. The van der Waals surface area contributed by atoms with Crippen LogP contribution < -0.4 is 0 Å². The van der Waals surface area contributed by atoms with Gasteiger partial charge in [0.05, 0.1) is 26.1 Å². The van der Waals surface area contributed by atoms with Crippen molar-refractivity contribution in [3.63, 3.8) is 0 Å². The second-order valence-electron chi connectivity index (χ2n) is 10.7. The third kappa shape index (κ3) is 9.17. The first-order valence-corrected chi connectivity index (χ1v) is 12.8. The summed E-state index contributed by atoms with van der Waals surface area (Å²) in [5.74, 6) is -0.524. The highest BCUT2D eigenvalue weighted by Gasteiger charge is 2.30. The molecule has 0 atom stereocenters. The van der Waals surface area contributed by atoms with Crippen LogP contribution in [0.5, 0.6) is 0 Å². The van der Waals surface area contributed by atoms with Crippen molar-refractivity contribution < 1.29 is 19.1 Å². The molecule has 0 saturated carbocycles. The van der Waals surface area contributed by atoms with Gasteiger partial charge in [-0.2, -0.15) is 0 Å². The van der Waals surface area contributed by atoms with Crippen LogP contribution in [-0.2, 0) is 32.2 Å². The van der Waals surface area contributed by atoms with E-state index in [1.807, 2.05) is 57.8 Å². The third-order valence-electron chi connectivity index (χ3n) is 5.90. The Morgan fingerprint density at radius 2 is 1.75 bits per heavy atom. The van der Waals surface area contributed by atoms with E-state index < -0.39 is 11.5 Å². The molecule has 0 radical (unpaired) electrons. The number of aryl methyl sites for hydroxylation is 1. The molecular weight excluding hydrogens is 454 g/mol. The summed E-state index contributed by atoms with van der Waals surface area (Å²) in [7, 11) is 0. The van der Waals surface area contributed by atoms with Gasteiger partial charge in [-0.15, -0.1) is 0 Å². The lowest BCUT2D eigenvalue weighted by Gasteiger charge is -2.37. The van der Waals surface area contributed by atoms with Gasteiger partial charge in [0, 0.05) is 36.9 Å². The highest BCUT2D eigenvalue weighted by atomic mass is 16.5. The van der Waals surface area contributed by atoms with E-state index >= 15 is 0 Å². The molecule has 7 nitrogen and oxygen atoms in total. The fourth-order valence-corrected chi connectivity index (χ4v) is 4.16. The minimum absolute atomic E-state index is 0.0182. The summed E-state index contributed by atoms with van der Waals surface area (Å²) in [5.41, 5.74) is 3.01. The van der Waals surface area contributed by atoms with Crippen molar-refractivity contribution in [1.82, 2.24) is 14.4 Å². The molecule has 0 fully saturated rings. The molecule has 0 saturated heterocycles. The molecule has 0 spiro atoms. The van der Waals surface area contributed by atoms with Gasteiger partial charge in [0.15, 0.2) is 0 Å². The Morgan fingerprint density at radius 1 is 1.03 bits per heavy atom. The summed E-state index contributed by atoms with van der Waals surface area (Å²) < 4.78 is 7.11. The first-order valence-electron chi connectivity index (χ1n) is 12.8. The maximum absolute atomic E-state index is 13.6. The standard InChI is InChI=1S/C29H43N3O4/c1-8-36-28(35)15-14-26(33)31(18-22(2)3)21-27(34)32(29(5,6)7)20-25-13-10-16-30(25)19-24-12-9-11-23(4)17-24/h9-13,16-17,22H,8,14-15,18-21H2,1-7H3. The predicted molar refractivity (Wildman–Crippen MR) is 142 cm³/mol. The molecule has 36 heavy (non-hydrogen) atoms. The van der Waals surface area contributed by atoms with E-state index in [0.29, 0.717) is 13.1 Å². The molecule has 2 aromatic rings. The fourth-order valence-electron chi connectivity index (χ4n) is 4.16. The molecule has 1 aromatic heterocycles. The summed E-state index contributed by atoms with van der Waals surface area (Å²) in [6.45, 7) is 15.7. The van der Waals surface area contributed by atoms with Gasteiger partial charge >= 0.3 is 5.97 Å². The molecule has 0 aliphatic heterocycles. The van der Waals surface area contributed by atoms with Gasteiger partial charge in [-0.25, -0.2) is 0 Å². The van der Waals surface area contributed by atoms with E-state index in [9.17, 15) is 14.4 Å². The molecule has 198 valence electrons. The van der Waals surface area contributed by atoms with Gasteiger partial charge in [-0.05, 0) is 58.2 Å². The van der Waals surface area contributed by atoms with Crippen LogP contribution in [0.15, 0.2) is 42.6 Å². The van der Waals surface area contributed by atoms with Crippen molar-refractivity contribution in [1.29, 1.82) is 0 Å². The van der Waals surface area contributed by atoms with Crippen LogP contribution in [0.1, 0.15) is 71.2 Å². The highest BCUT2D eigenvalue weighted by Crippen LogP contribution is 2.20. The van der Waals surface area contributed by atoms with Gasteiger partial charge in [0.25, 0.3) is 0 Å². The number of hydrogen-bond acceptors (Lipinski definition) is 4. The van der Waals surface area contributed by atoms with Crippen molar-refractivity contribution in [3.05, 3.63) is 59.4 Å². The van der Waals surface area contributed by atoms with E-state index in [0.717, 1.165) is 12.2 Å². The average molecular weight is 498 g/mol. The molecule has 7 heteroatoms. The van der Waals surface area contributed by atoms with E-state index in [1.165, 1.54) is 11.1 Å². The van der Waals surface area contributed by atoms with Gasteiger partial charge in [0.2, 0.25) is 11.8 Å². The molecule has 2 rings (SSSR count). The summed E-state index contributed by atoms with van der Waals surface area (Å²) in [6.07, 6.45) is 2.09. The minimum atomic E-state index is -0.438. The summed E-state index contributed by atoms with van der Waals surface area (Å²) in [4.78, 5) is 41.7. The molecule has 2 amide bonds. The Hall–Kier alpha value is -3.09. The zero-order valence-electron chi connectivity index (χ0n) is 23.0. The number of esters is 1. The van der Waals surface area contributed by atoms with Crippen molar-refractivity contribution in [3.8, 4) is 0 Å². The van der Waals surface area contributed by atoms with Crippen molar-refractivity contribution >= 4 is 17.8 Å². The summed E-state index contributed by atoms with van der Waals surface area (Å²) in [6, 6.07) is 12.5. The Labute approximate surface area is 216 Å². The second kappa shape index (κ2) is 13.3. The number of hydrogen-bond donors (Lipinski definition) is 0. The topological polar surface area (TPSA) is 71.8 Å². The zero-order valence-corrected chi connectivity index (χ0v) is 23.0. The molecular formula is C29H43N3O4. The third-order valence-corrected chi connectivity index (χ3v) is 5.90. The first kappa shape index (κ1) is 29.1. The van der Waals surface area contributed by atoms with Crippen LogP contribution in [0.3, 0.4) is 0 Å². The van der Waals surface area contributed by atoms with E-state index in [2.05, 4.69) is 35.8 Å². The summed E-state index contributed by atoms with van der Waals surface area (Å²) in [5, 5.41) is 0. The smallest absolute Gasteiger partial charge is 0.306 e. The number of rotatable bonds is 12. The number of nitrogens with zero attached hydrogens (tertiary/aromatic N) is 3. The maximum atomic E-state index is 13.6. The second-order valence-corrected chi connectivity index (χ2v) is 10.7. The number of amides is 2. The molecule has 0 aliphatic carbocycles. The van der Waals surface area contributed by atoms with Crippen LogP contribution >= 0.6 is 0 Å². The van der Waals surface area contributed by atoms with Crippen LogP contribution in [0.2, 0.25) is 0 Å². The molecule has 1 aromatic carbocycles. The molecule has 1 heterocycles. The van der Waals surface area contributed by atoms with Crippen LogP contribution in [0.4, 0.5) is 0 Å². The van der Waals surface area contributed by atoms with Gasteiger partial charge in [-0.3, -0.25) is 14.4 Å². The van der Waals surface area contributed by atoms with E-state index in [1.54, 1.807) is 11.8 Å². The molecule has 0 N–H and O–H groups in total. The lowest BCUT2D eigenvalue weighted by molar-refractivity contribution is -0.147. The SMILES string of the molecule is CCOC(=O)CCC(=O)N(CC(=O)N(Cc1cccn1Cc1cccc(C)c1)C(C)(C)C)CC(C)C. The Morgan fingerprint density at radius 3 is 2.36 bits per heavy atom. The normalized spacial score (nSPS) is 11.4. The van der Waals surface area contributed by atoms with Crippen molar-refractivity contribution in [2.75, 3.05) is 19.7 Å². The molecule has 0 aliphatic rings. The fraction of sp³-hybridized carbons (Fsp3) is 0.552. The Bertz CT molecular complexity index is 1020. The summed E-state index contributed by atoms with van der Waals surface area (Å²) >= 11 is 0. The van der Waals surface area contributed by atoms with Crippen molar-refractivity contribution in [2.24, 2.45) is 5.92 Å². The monoisotopic (exact) mass is 497 g/mol. The van der Waals surface area contributed by atoms with Gasteiger partial charge < -0.3 is 19.1 Å². The Balaban J connectivity index is 2.17. The first-order chi connectivity index (χ1) is 16.9. The predicted octanol–water partition coefficient (Wildman–Crippen LogP) is 4.80. The highest BCUT2D eigenvalue weighted by molar-refractivity contribution is 5.86. The largest absolute Gasteiger partial charge is 0.466 e. The average Bonchev–Trinajstić information content (AvgIpc) is 3.21. The molecule has 0 bridgehead atoms. The number of aromatic nitrogens is 1. The number of ether oxygens (including phenoxy) is 1. The van der Waals surface area contributed by atoms with Crippen LogP contribution in [0.25, 0.3) is 0 Å².